The molecule has 0 aromatic heterocycles. The number of amides is 2. The summed E-state index contributed by atoms with van der Waals surface area (Å²) < 4.78 is 15.9. The van der Waals surface area contributed by atoms with Gasteiger partial charge in [-0.3, -0.25) is 9.59 Å². The lowest BCUT2D eigenvalue weighted by Crippen LogP contribution is -2.47. The second-order valence-electron chi connectivity index (χ2n) is 9.25. The van der Waals surface area contributed by atoms with Gasteiger partial charge in [0.1, 0.15) is 17.4 Å². The lowest BCUT2D eigenvalue weighted by Gasteiger charge is -2.31. The van der Waals surface area contributed by atoms with E-state index in [1.165, 1.54) is 6.92 Å². The summed E-state index contributed by atoms with van der Waals surface area (Å²) in [6.45, 7) is 9.29. The van der Waals surface area contributed by atoms with E-state index in [2.05, 4.69) is 15.5 Å². The average Bonchev–Trinajstić information content (AvgIpc) is 2.79. The number of ether oxygens (including phenoxy) is 3. The highest BCUT2D eigenvalue weighted by Crippen LogP contribution is 2.27. The fraction of sp³-hybridized carbons (Fsp3) is 0.423. The van der Waals surface area contributed by atoms with Crippen LogP contribution < -0.4 is 20.3 Å². The fourth-order valence-corrected chi connectivity index (χ4v) is 3.63. The zero-order chi connectivity index (χ0) is 25.4. The van der Waals surface area contributed by atoms with Crippen molar-refractivity contribution in [1.82, 2.24) is 5.32 Å². The summed E-state index contributed by atoms with van der Waals surface area (Å²) in [4.78, 5) is 39.2. The fourth-order valence-electron chi connectivity index (χ4n) is 3.63. The largest absolute Gasteiger partial charge is 0.444 e. The number of carbonyl (C=O) groups is 3. The van der Waals surface area contributed by atoms with Gasteiger partial charge in [-0.25, -0.2) is 4.79 Å². The van der Waals surface area contributed by atoms with Gasteiger partial charge >= 0.3 is 12.1 Å². The van der Waals surface area contributed by atoms with Gasteiger partial charge in [0.2, 0.25) is 5.91 Å². The molecule has 0 saturated carbocycles. The number of morpholine rings is 1. The van der Waals surface area contributed by atoms with Crippen molar-refractivity contribution in [2.75, 3.05) is 36.5 Å². The molecule has 9 nitrogen and oxygen atoms in total. The number of nitrogens with one attached hydrogen (secondary N) is 2. The summed E-state index contributed by atoms with van der Waals surface area (Å²) in [6, 6.07) is 13.4. The van der Waals surface area contributed by atoms with Crippen LogP contribution in [0.2, 0.25) is 0 Å². The molecular weight excluding hydrogens is 450 g/mol. The topological polar surface area (TPSA) is 106 Å². The molecule has 1 atom stereocenters. The second-order valence-corrected chi connectivity index (χ2v) is 9.25. The lowest BCUT2D eigenvalue weighted by molar-refractivity contribution is -0.131. The van der Waals surface area contributed by atoms with E-state index in [0.29, 0.717) is 24.7 Å². The Morgan fingerprint density at radius 2 is 1.69 bits per heavy atom. The maximum atomic E-state index is 13.4. The van der Waals surface area contributed by atoms with Gasteiger partial charge in [-0.15, -0.1) is 0 Å². The highest BCUT2D eigenvalue weighted by Gasteiger charge is 2.26. The van der Waals surface area contributed by atoms with Gasteiger partial charge in [-0.2, -0.15) is 0 Å². The van der Waals surface area contributed by atoms with Gasteiger partial charge in [0.15, 0.2) is 0 Å². The quantitative estimate of drug-likeness (QED) is 0.458. The predicted molar refractivity (Wildman–Crippen MR) is 133 cm³/mol. The maximum Gasteiger partial charge on any atom is 0.408 e. The average molecular weight is 484 g/mol. The molecule has 1 unspecified atom stereocenters. The molecule has 35 heavy (non-hydrogen) atoms. The molecule has 2 N–H and O–H groups in total. The van der Waals surface area contributed by atoms with E-state index in [0.717, 1.165) is 24.3 Å². The first-order valence-electron chi connectivity index (χ1n) is 11.6. The van der Waals surface area contributed by atoms with E-state index in [1.54, 1.807) is 45.0 Å². The molecule has 9 heteroatoms. The molecule has 0 aliphatic carbocycles. The third-order valence-electron chi connectivity index (χ3n) is 5.15. The van der Waals surface area contributed by atoms with Crippen LogP contribution in [-0.4, -0.2) is 55.9 Å². The number of hydrogen-bond donors (Lipinski definition) is 2. The van der Waals surface area contributed by atoms with Gasteiger partial charge in [-0.1, -0.05) is 24.3 Å². The molecule has 2 aromatic rings. The number of alkyl carbamates (subject to hydrolysis) is 1. The highest BCUT2D eigenvalue weighted by molar-refractivity contribution is 5.99. The van der Waals surface area contributed by atoms with Crippen molar-refractivity contribution >= 4 is 29.3 Å². The number of carbonyl (C=O) groups excluding carboxylic acids is 3. The molecule has 2 amide bonds. The molecule has 3 rings (SSSR count). The number of nitrogens with zero attached hydrogens (tertiary/aromatic N) is 1. The Bertz CT molecular complexity index is 1030. The molecule has 188 valence electrons. The van der Waals surface area contributed by atoms with E-state index in [-0.39, 0.29) is 12.3 Å². The number of para-hydroxylation sites is 2. The van der Waals surface area contributed by atoms with E-state index in [1.807, 2.05) is 24.3 Å². The summed E-state index contributed by atoms with van der Waals surface area (Å²) >= 11 is 0. The summed E-state index contributed by atoms with van der Waals surface area (Å²) in [5, 5.41) is 5.67. The zero-order valence-corrected chi connectivity index (χ0v) is 20.6. The van der Waals surface area contributed by atoms with Crippen LogP contribution in [0.1, 0.15) is 33.3 Å². The third-order valence-corrected chi connectivity index (χ3v) is 5.15. The van der Waals surface area contributed by atoms with Gasteiger partial charge < -0.3 is 29.7 Å². The highest BCUT2D eigenvalue weighted by atomic mass is 16.6. The predicted octanol–water partition coefficient (Wildman–Crippen LogP) is 3.52. The van der Waals surface area contributed by atoms with Crippen molar-refractivity contribution in [3.05, 3.63) is 54.1 Å². The normalized spacial score (nSPS) is 14.6. The molecule has 1 aliphatic heterocycles. The van der Waals surface area contributed by atoms with Crippen LogP contribution in [0.25, 0.3) is 0 Å². The number of rotatable bonds is 7. The minimum Gasteiger partial charge on any atom is -0.444 e. The summed E-state index contributed by atoms with van der Waals surface area (Å²) in [5.41, 5.74) is 1.62. The van der Waals surface area contributed by atoms with E-state index >= 15 is 0 Å². The summed E-state index contributed by atoms with van der Waals surface area (Å²) in [7, 11) is 0. The van der Waals surface area contributed by atoms with Gasteiger partial charge in [0, 0.05) is 26.4 Å². The van der Waals surface area contributed by atoms with E-state index in [9.17, 15) is 14.4 Å². The van der Waals surface area contributed by atoms with Gasteiger partial charge in [-0.05, 0) is 50.6 Å². The van der Waals surface area contributed by atoms with Gasteiger partial charge in [0.05, 0.1) is 24.6 Å². The van der Waals surface area contributed by atoms with Crippen molar-refractivity contribution in [1.29, 1.82) is 0 Å². The number of hydrogen-bond acceptors (Lipinski definition) is 7. The van der Waals surface area contributed by atoms with Crippen LogP contribution in [-0.2, 0) is 25.5 Å². The number of anilines is 2. The molecule has 1 fully saturated rings. The Morgan fingerprint density at radius 3 is 2.31 bits per heavy atom. The van der Waals surface area contributed by atoms with Crippen molar-refractivity contribution in [3.8, 4) is 5.75 Å². The molecule has 1 saturated heterocycles. The molecule has 0 spiro atoms. The van der Waals surface area contributed by atoms with E-state index < -0.39 is 23.7 Å². The second kappa shape index (κ2) is 11.7. The Morgan fingerprint density at radius 1 is 1.03 bits per heavy atom. The van der Waals surface area contributed by atoms with Crippen molar-refractivity contribution < 1.29 is 28.6 Å². The Balaban J connectivity index is 1.78. The van der Waals surface area contributed by atoms with Crippen molar-refractivity contribution in [2.24, 2.45) is 0 Å². The third kappa shape index (κ3) is 8.29. The smallest absolute Gasteiger partial charge is 0.408 e. The Kier molecular flexibility index (Phi) is 8.70. The molecular formula is C26H33N3O6. The van der Waals surface area contributed by atoms with Crippen LogP contribution in [0.3, 0.4) is 0 Å². The lowest BCUT2D eigenvalue weighted by atomic mass is 10.0. The molecule has 1 aliphatic rings. The number of benzene rings is 2. The van der Waals surface area contributed by atoms with Gasteiger partial charge in [0.25, 0.3) is 0 Å². The monoisotopic (exact) mass is 483 g/mol. The Hall–Kier alpha value is -3.59. The minimum absolute atomic E-state index is 0.213. The standard InChI is InChI=1S/C26H33N3O6/c1-18(30)34-20-11-9-19(10-12-20)17-22(28-25(32)35-26(2,3)4)24(31)27-21-7-5-6-8-23(21)29-13-15-33-16-14-29/h5-12,22H,13-17H2,1-4H3,(H,27,31)(H,28,32). The molecule has 2 aromatic carbocycles. The molecule has 0 bridgehead atoms. The zero-order valence-electron chi connectivity index (χ0n) is 20.6. The van der Waals surface area contributed by atoms with Crippen LogP contribution in [0.4, 0.5) is 16.2 Å². The molecule has 0 radical (unpaired) electrons. The van der Waals surface area contributed by atoms with Crippen LogP contribution in [0.15, 0.2) is 48.5 Å². The van der Waals surface area contributed by atoms with Crippen molar-refractivity contribution in [3.63, 3.8) is 0 Å². The van der Waals surface area contributed by atoms with Crippen molar-refractivity contribution in [2.45, 2.75) is 45.8 Å². The van der Waals surface area contributed by atoms with Crippen LogP contribution in [0, 0.1) is 0 Å². The van der Waals surface area contributed by atoms with E-state index in [4.69, 9.17) is 14.2 Å². The summed E-state index contributed by atoms with van der Waals surface area (Å²) in [5.74, 6) is -0.386. The number of esters is 1. The minimum atomic E-state index is -0.901. The first-order chi connectivity index (χ1) is 16.6. The molecule has 1 heterocycles. The maximum absolute atomic E-state index is 13.4. The SMILES string of the molecule is CC(=O)Oc1ccc(CC(NC(=O)OC(C)(C)C)C(=O)Nc2ccccc2N2CCOCC2)cc1. The first-order valence-corrected chi connectivity index (χ1v) is 11.6. The summed E-state index contributed by atoms with van der Waals surface area (Å²) in [6.07, 6.45) is -0.471. The van der Waals surface area contributed by atoms with Crippen LogP contribution in [0.5, 0.6) is 5.75 Å². The first kappa shape index (κ1) is 26.0. The Labute approximate surface area is 205 Å². The van der Waals surface area contributed by atoms with Crippen LogP contribution >= 0.6 is 0 Å².